The van der Waals surface area contributed by atoms with E-state index in [2.05, 4.69) is 4.90 Å². The molecule has 3 rings (SSSR count). The fraction of sp³-hybridized carbons (Fsp3) is 0.667. The number of thioether (sulfide) groups is 1. The number of aryl methyl sites for hydroxylation is 1. The summed E-state index contributed by atoms with van der Waals surface area (Å²) in [6.07, 6.45) is 0.873. The summed E-state index contributed by atoms with van der Waals surface area (Å²) in [6, 6.07) is 5.31. The van der Waals surface area contributed by atoms with Crippen molar-refractivity contribution in [2.24, 2.45) is 0 Å². The number of hydrogen-bond acceptors (Lipinski definition) is 6. The Hall–Kier alpha value is -0.800. The van der Waals surface area contributed by atoms with Crippen molar-refractivity contribution < 1.29 is 17.9 Å². The van der Waals surface area contributed by atoms with Gasteiger partial charge in [0, 0.05) is 38.0 Å². The number of nitrogens with zero attached hydrogens (tertiary/aromatic N) is 2. The monoisotopic (exact) mass is 400 g/mol. The summed E-state index contributed by atoms with van der Waals surface area (Å²) in [4.78, 5) is 2.59. The fourth-order valence-electron chi connectivity index (χ4n) is 3.46. The van der Waals surface area contributed by atoms with Crippen molar-refractivity contribution in [3.63, 3.8) is 0 Å². The molecule has 2 fully saturated rings. The minimum atomic E-state index is -3.61. The molecule has 0 aromatic heterocycles. The maximum atomic E-state index is 13.5. The van der Waals surface area contributed by atoms with Gasteiger partial charge < -0.3 is 9.47 Å². The summed E-state index contributed by atoms with van der Waals surface area (Å²) >= 11 is 1.85. The second-order valence-corrected chi connectivity index (χ2v) is 9.77. The van der Waals surface area contributed by atoms with Crippen LogP contribution in [-0.4, -0.2) is 81.7 Å². The van der Waals surface area contributed by atoms with Crippen LogP contribution < -0.4 is 4.74 Å². The molecule has 0 radical (unpaired) electrons. The minimum absolute atomic E-state index is 0.0316. The van der Waals surface area contributed by atoms with Crippen LogP contribution >= 0.6 is 11.8 Å². The zero-order valence-electron chi connectivity index (χ0n) is 15.5. The standard InChI is InChI=1S/C18H28N2O4S2/c1-15-4-5-17(23-2)18(12-15)26(21,22)20-6-3-11-25-14-16(20)13-19-7-9-24-10-8-19/h4-5,12,16H,3,6-11,13-14H2,1-2H3. The number of ether oxygens (including phenoxy) is 2. The van der Waals surface area contributed by atoms with Crippen molar-refractivity contribution in [3.05, 3.63) is 23.8 Å². The smallest absolute Gasteiger partial charge is 0.247 e. The Bertz CT molecular complexity index is 705. The lowest BCUT2D eigenvalue weighted by Gasteiger charge is -2.35. The van der Waals surface area contributed by atoms with Gasteiger partial charge in [-0.25, -0.2) is 8.42 Å². The molecule has 0 saturated carbocycles. The lowest BCUT2D eigenvalue weighted by Crippen LogP contribution is -2.50. The highest BCUT2D eigenvalue weighted by Crippen LogP contribution is 2.31. The van der Waals surface area contributed by atoms with Crippen LogP contribution in [-0.2, 0) is 14.8 Å². The molecule has 1 unspecified atom stereocenters. The third-order valence-electron chi connectivity index (χ3n) is 4.86. The van der Waals surface area contributed by atoms with E-state index in [0.717, 1.165) is 56.3 Å². The Balaban J connectivity index is 1.90. The zero-order valence-corrected chi connectivity index (χ0v) is 17.2. The highest BCUT2D eigenvalue weighted by Gasteiger charge is 2.35. The van der Waals surface area contributed by atoms with E-state index in [0.29, 0.717) is 12.3 Å². The summed E-state index contributed by atoms with van der Waals surface area (Å²) < 4.78 is 39.5. The first-order valence-corrected chi connectivity index (χ1v) is 11.7. The molecule has 0 bridgehead atoms. The van der Waals surface area contributed by atoms with Crippen LogP contribution in [0.2, 0.25) is 0 Å². The van der Waals surface area contributed by atoms with Gasteiger partial charge in [-0.1, -0.05) is 6.07 Å². The summed E-state index contributed by atoms with van der Waals surface area (Å²) in [6.45, 7) is 6.38. The van der Waals surface area contributed by atoms with E-state index in [1.807, 2.05) is 24.8 Å². The number of benzene rings is 1. The van der Waals surface area contributed by atoms with Gasteiger partial charge in [0.05, 0.1) is 20.3 Å². The molecule has 1 atom stereocenters. The van der Waals surface area contributed by atoms with Gasteiger partial charge in [0.2, 0.25) is 10.0 Å². The largest absolute Gasteiger partial charge is 0.495 e. The highest BCUT2D eigenvalue weighted by atomic mass is 32.2. The van der Waals surface area contributed by atoms with Crippen LogP contribution in [0.15, 0.2) is 23.1 Å². The molecule has 1 aromatic rings. The van der Waals surface area contributed by atoms with E-state index in [-0.39, 0.29) is 10.9 Å². The molecule has 6 nitrogen and oxygen atoms in total. The molecule has 8 heteroatoms. The molecule has 2 aliphatic heterocycles. The molecule has 26 heavy (non-hydrogen) atoms. The third-order valence-corrected chi connectivity index (χ3v) is 8.03. The van der Waals surface area contributed by atoms with E-state index in [4.69, 9.17) is 9.47 Å². The van der Waals surface area contributed by atoms with E-state index in [1.165, 1.54) is 7.11 Å². The summed E-state index contributed by atoms with van der Waals surface area (Å²) in [5, 5.41) is 0. The van der Waals surface area contributed by atoms with Crippen molar-refractivity contribution in [2.75, 3.05) is 58.0 Å². The van der Waals surface area contributed by atoms with E-state index >= 15 is 0 Å². The molecular weight excluding hydrogens is 372 g/mol. The van der Waals surface area contributed by atoms with E-state index in [9.17, 15) is 8.42 Å². The number of methoxy groups -OCH3 is 1. The highest BCUT2D eigenvalue weighted by molar-refractivity contribution is 7.99. The van der Waals surface area contributed by atoms with Crippen LogP contribution in [0.25, 0.3) is 0 Å². The van der Waals surface area contributed by atoms with Crippen LogP contribution in [0.3, 0.4) is 0 Å². The van der Waals surface area contributed by atoms with E-state index in [1.54, 1.807) is 16.4 Å². The quantitative estimate of drug-likeness (QED) is 0.752. The van der Waals surface area contributed by atoms with Crippen molar-refractivity contribution in [3.8, 4) is 5.75 Å². The predicted octanol–water partition coefficient (Wildman–Crippen LogP) is 1.83. The van der Waals surface area contributed by atoms with Crippen LogP contribution in [0.1, 0.15) is 12.0 Å². The number of rotatable bonds is 5. The Morgan fingerprint density at radius 2 is 2.04 bits per heavy atom. The van der Waals surface area contributed by atoms with Gasteiger partial charge in [-0.15, -0.1) is 0 Å². The average molecular weight is 401 g/mol. The fourth-order valence-corrected chi connectivity index (χ4v) is 6.51. The molecule has 0 amide bonds. The van der Waals surface area contributed by atoms with Crippen molar-refractivity contribution in [2.45, 2.75) is 24.3 Å². The second-order valence-electron chi connectivity index (χ2n) is 6.77. The third kappa shape index (κ3) is 4.54. The summed E-state index contributed by atoms with van der Waals surface area (Å²) in [5.74, 6) is 2.24. The molecule has 146 valence electrons. The number of sulfonamides is 1. The molecular formula is C18H28N2O4S2. The molecule has 2 heterocycles. The SMILES string of the molecule is COc1ccc(C)cc1S(=O)(=O)N1CCCSCC1CN1CCOCC1. The molecule has 0 N–H and O–H groups in total. The number of morpholine rings is 1. The predicted molar refractivity (Wildman–Crippen MR) is 105 cm³/mol. The van der Waals surface area contributed by atoms with Crippen molar-refractivity contribution in [1.82, 2.24) is 9.21 Å². The first-order chi connectivity index (χ1) is 12.5. The molecule has 2 saturated heterocycles. The van der Waals surface area contributed by atoms with Crippen LogP contribution in [0.5, 0.6) is 5.75 Å². The Kier molecular flexibility index (Phi) is 6.85. The molecule has 1 aromatic carbocycles. The molecule has 0 aliphatic carbocycles. The van der Waals surface area contributed by atoms with Gasteiger partial charge in [-0.3, -0.25) is 4.90 Å². The lowest BCUT2D eigenvalue weighted by molar-refractivity contribution is 0.0309. The average Bonchev–Trinajstić information content (AvgIpc) is 2.88. The Labute approximate surface area is 160 Å². The normalized spacial score (nSPS) is 23.5. The summed E-state index contributed by atoms with van der Waals surface area (Å²) in [5.41, 5.74) is 0.915. The minimum Gasteiger partial charge on any atom is -0.495 e. The Morgan fingerprint density at radius 1 is 1.27 bits per heavy atom. The van der Waals surface area contributed by atoms with Gasteiger partial charge in [0.15, 0.2) is 0 Å². The van der Waals surface area contributed by atoms with Crippen LogP contribution in [0.4, 0.5) is 0 Å². The van der Waals surface area contributed by atoms with Gasteiger partial charge in [0.1, 0.15) is 10.6 Å². The Morgan fingerprint density at radius 3 is 2.77 bits per heavy atom. The van der Waals surface area contributed by atoms with Crippen LogP contribution in [0, 0.1) is 6.92 Å². The van der Waals surface area contributed by atoms with Crippen molar-refractivity contribution in [1.29, 1.82) is 0 Å². The van der Waals surface area contributed by atoms with Gasteiger partial charge in [-0.2, -0.15) is 16.1 Å². The summed E-state index contributed by atoms with van der Waals surface area (Å²) in [7, 11) is -2.09. The maximum absolute atomic E-state index is 13.5. The first-order valence-electron chi connectivity index (χ1n) is 9.06. The van der Waals surface area contributed by atoms with Gasteiger partial charge >= 0.3 is 0 Å². The lowest BCUT2D eigenvalue weighted by atomic mass is 10.2. The van der Waals surface area contributed by atoms with Gasteiger partial charge in [0.25, 0.3) is 0 Å². The van der Waals surface area contributed by atoms with E-state index < -0.39 is 10.0 Å². The molecule has 2 aliphatic rings. The first kappa shape index (κ1) is 19.9. The topological polar surface area (TPSA) is 59.1 Å². The number of hydrogen-bond donors (Lipinski definition) is 0. The molecule has 0 spiro atoms. The second kappa shape index (κ2) is 8.93. The maximum Gasteiger partial charge on any atom is 0.247 e. The van der Waals surface area contributed by atoms with Crippen molar-refractivity contribution >= 4 is 21.8 Å². The zero-order chi connectivity index (χ0) is 18.6. The van der Waals surface area contributed by atoms with Gasteiger partial charge in [-0.05, 0) is 36.8 Å².